The molecule has 1 nitrogen and oxygen atoms in total. The molecule has 16 heavy (non-hydrogen) atoms. The van der Waals surface area contributed by atoms with E-state index in [1.54, 1.807) is 6.92 Å². The van der Waals surface area contributed by atoms with Gasteiger partial charge in [-0.15, -0.1) is 0 Å². The lowest BCUT2D eigenvalue weighted by molar-refractivity contribution is -0.127. The van der Waals surface area contributed by atoms with Gasteiger partial charge in [0, 0.05) is 10.7 Å². The summed E-state index contributed by atoms with van der Waals surface area (Å²) in [4.78, 5) is 0. The Bertz CT molecular complexity index is 325. The quantitative estimate of drug-likeness (QED) is 0.740. The van der Waals surface area contributed by atoms with Gasteiger partial charge < -0.3 is 5.73 Å². The Morgan fingerprint density at radius 3 is 2.12 bits per heavy atom. The van der Waals surface area contributed by atoms with E-state index >= 15 is 0 Å². The monoisotopic (exact) mass is 253 g/mol. The topological polar surface area (TPSA) is 26.0 Å². The fourth-order valence-electron chi connectivity index (χ4n) is 1.22. The molecule has 0 bridgehead atoms. The van der Waals surface area contributed by atoms with Crippen molar-refractivity contribution in [2.75, 3.05) is 5.73 Å². The van der Waals surface area contributed by atoms with Gasteiger partial charge in [-0.25, -0.2) is 0 Å². The van der Waals surface area contributed by atoms with E-state index in [1.807, 2.05) is 13.8 Å². The molecule has 0 heterocycles. The molecular formula is C11H15ClF3N. The summed E-state index contributed by atoms with van der Waals surface area (Å²) in [5.74, 6) is 0. The molecule has 0 aliphatic rings. The van der Waals surface area contributed by atoms with Crippen LogP contribution < -0.4 is 5.73 Å². The fourth-order valence-corrected chi connectivity index (χ4v) is 1.57. The lowest BCUT2D eigenvalue weighted by Crippen LogP contribution is -2.13. The first-order valence-electron chi connectivity index (χ1n) is 4.91. The minimum Gasteiger partial charge on any atom is -0.399 e. The Labute approximate surface area is 98.4 Å². The molecule has 0 unspecified atom stereocenters. The smallest absolute Gasteiger partial charge is 0.393 e. The molecule has 0 amide bonds. The van der Waals surface area contributed by atoms with Gasteiger partial charge in [-0.1, -0.05) is 25.4 Å². The Balaban J connectivity index is 0.00000106. The number of aryl methyl sites for hydroxylation is 1. The van der Waals surface area contributed by atoms with Crippen molar-refractivity contribution in [3.05, 3.63) is 28.3 Å². The standard InChI is InChI=1S/C9H9ClF3N.C2H6/c1-5-2-6(14)3-8(10)7(5)4-9(11,12)13;1-2/h2-3H,4,14H2,1H3;1-2H3. The summed E-state index contributed by atoms with van der Waals surface area (Å²) in [5.41, 5.74) is 6.36. The number of anilines is 1. The molecule has 0 aromatic heterocycles. The van der Waals surface area contributed by atoms with Crippen LogP contribution >= 0.6 is 11.6 Å². The Morgan fingerprint density at radius 1 is 1.25 bits per heavy atom. The maximum atomic E-state index is 12.1. The van der Waals surface area contributed by atoms with Crippen LogP contribution in [0.15, 0.2) is 12.1 Å². The van der Waals surface area contributed by atoms with Crippen molar-refractivity contribution in [3.8, 4) is 0 Å². The second-order valence-corrected chi connectivity index (χ2v) is 3.50. The summed E-state index contributed by atoms with van der Waals surface area (Å²) >= 11 is 5.66. The van der Waals surface area contributed by atoms with E-state index in [-0.39, 0.29) is 10.6 Å². The zero-order chi connectivity index (χ0) is 12.9. The van der Waals surface area contributed by atoms with E-state index < -0.39 is 12.6 Å². The maximum Gasteiger partial charge on any atom is 0.393 e. The van der Waals surface area contributed by atoms with E-state index in [0.717, 1.165) is 0 Å². The molecule has 0 aliphatic carbocycles. The molecule has 1 rings (SSSR count). The Kier molecular flexibility index (Phi) is 5.65. The van der Waals surface area contributed by atoms with Crippen molar-refractivity contribution < 1.29 is 13.2 Å². The molecule has 0 spiro atoms. The lowest BCUT2D eigenvalue weighted by Gasteiger charge is -2.11. The highest BCUT2D eigenvalue weighted by Gasteiger charge is 2.29. The van der Waals surface area contributed by atoms with E-state index in [2.05, 4.69) is 0 Å². The zero-order valence-electron chi connectivity index (χ0n) is 9.45. The normalized spacial score (nSPS) is 10.7. The number of alkyl halides is 3. The number of benzene rings is 1. The number of nitrogen functional groups attached to an aromatic ring is 1. The third-order valence-corrected chi connectivity index (χ3v) is 2.16. The Hall–Kier alpha value is -0.900. The molecule has 1 aromatic carbocycles. The summed E-state index contributed by atoms with van der Waals surface area (Å²) < 4.78 is 36.3. The van der Waals surface area contributed by atoms with Crippen molar-refractivity contribution >= 4 is 17.3 Å². The third-order valence-electron chi connectivity index (χ3n) is 1.82. The van der Waals surface area contributed by atoms with Crippen LogP contribution in [-0.4, -0.2) is 6.18 Å². The first kappa shape index (κ1) is 15.1. The van der Waals surface area contributed by atoms with Crippen LogP contribution in [0.3, 0.4) is 0 Å². The average molecular weight is 254 g/mol. The molecule has 92 valence electrons. The molecule has 0 saturated heterocycles. The second-order valence-electron chi connectivity index (χ2n) is 3.09. The molecule has 2 N–H and O–H groups in total. The molecule has 0 aliphatic heterocycles. The first-order chi connectivity index (χ1) is 7.29. The highest BCUT2D eigenvalue weighted by atomic mass is 35.5. The van der Waals surface area contributed by atoms with Gasteiger partial charge in [-0.05, 0) is 30.2 Å². The molecule has 5 heteroatoms. The van der Waals surface area contributed by atoms with Gasteiger partial charge in [-0.3, -0.25) is 0 Å². The van der Waals surface area contributed by atoms with Gasteiger partial charge in [0.05, 0.1) is 6.42 Å². The van der Waals surface area contributed by atoms with Crippen molar-refractivity contribution in [2.45, 2.75) is 33.4 Å². The van der Waals surface area contributed by atoms with Gasteiger partial charge in [0.15, 0.2) is 0 Å². The second kappa shape index (κ2) is 5.99. The van der Waals surface area contributed by atoms with Crippen LogP contribution in [0.1, 0.15) is 25.0 Å². The van der Waals surface area contributed by atoms with E-state index in [1.165, 1.54) is 12.1 Å². The number of hydrogen-bond donors (Lipinski definition) is 1. The van der Waals surface area contributed by atoms with Gasteiger partial charge in [0.25, 0.3) is 0 Å². The van der Waals surface area contributed by atoms with Gasteiger partial charge in [0.1, 0.15) is 0 Å². The highest BCUT2D eigenvalue weighted by molar-refractivity contribution is 6.31. The van der Waals surface area contributed by atoms with E-state index in [4.69, 9.17) is 17.3 Å². The van der Waals surface area contributed by atoms with Crippen molar-refractivity contribution in [3.63, 3.8) is 0 Å². The van der Waals surface area contributed by atoms with Crippen LogP contribution in [0.5, 0.6) is 0 Å². The van der Waals surface area contributed by atoms with E-state index in [9.17, 15) is 13.2 Å². The van der Waals surface area contributed by atoms with Crippen LogP contribution in [0.25, 0.3) is 0 Å². The van der Waals surface area contributed by atoms with Crippen molar-refractivity contribution in [1.82, 2.24) is 0 Å². The summed E-state index contributed by atoms with van der Waals surface area (Å²) in [7, 11) is 0. The largest absolute Gasteiger partial charge is 0.399 e. The SMILES string of the molecule is CC.Cc1cc(N)cc(Cl)c1CC(F)(F)F. The molecule has 0 fully saturated rings. The third kappa shape index (κ3) is 4.75. The minimum absolute atomic E-state index is 0.0693. The number of rotatable bonds is 1. The highest BCUT2D eigenvalue weighted by Crippen LogP contribution is 2.30. The van der Waals surface area contributed by atoms with Gasteiger partial charge in [-0.2, -0.15) is 13.2 Å². The number of nitrogens with two attached hydrogens (primary N) is 1. The fraction of sp³-hybridized carbons (Fsp3) is 0.455. The summed E-state index contributed by atoms with van der Waals surface area (Å²) in [6.45, 7) is 5.56. The van der Waals surface area contributed by atoms with E-state index in [0.29, 0.717) is 11.3 Å². The first-order valence-corrected chi connectivity index (χ1v) is 5.28. The summed E-state index contributed by atoms with van der Waals surface area (Å²) in [5, 5.41) is 0.0693. The molecule has 0 atom stereocenters. The molecule has 0 radical (unpaired) electrons. The number of hydrogen-bond acceptors (Lipinski definition) is 1. The van der Waals surface area contributed by atoms with Crippen LogP contribution in [-0.2, 0) is 6.42 Å². The molecule has 1 aromatic rings. The van der Waals surface area contributed by atoms with Crippen molar-refractivity contribution in [2.24, 2.45) is 0 Å². The van der Waals surface area contributed by atoms with Crippen molar-refractivity contribution in [1.29, 1.82) is 0 Å². The van der Waals surface area contributed by atoms with Crippen LogP contribution in [0.2, 0.25) is 5.02 Å². The lowest BCUT2D eigenvalue weighted by atomic mass is 10.0. The summed E-state index contributed by atoms with van der Waals surface area (Å²) in [6, 6.07) is 2.81. The van der Waals surface area contributed by atoms with Gasteiger partial charge in [0.2, 0.25) is 0 Å². The zero-order valence-corrected chi connectivity index (χ0v) is 10.2. The average Bonchev–Trinajstić information content (AvgIpc) is 2.13. The Morgan fingerprint density at radius 2 is 1.75 bits per heavy atom. The van der Waals surface area contributed by atoms with Crippen LogP contribution in [0, 0.1) is 6.92 Å². The predicted molar refractivity (Wildman–Crippen MR) is 61.7 cm³/mol. The molecular weight excluding hydrogens is 239 g/mol. The number of halogens is 4. The molecule has 0 saturated carbocycles. The predicted octanol–water partition coefficient (Wildman–Crippen LogP) is 4.36. The minimum atomic E-state index is -4.25. The van der Waals surface area contributed by atoms with Gasteiger partial charge >= 0.3 is 6.18 Å². The van der Waals surface area contributed by atoms with Crippen LogP contribution in [0.4, 0.5) is 18.9 Å². The summed E-state index contributed by atoms with van der Waals surface area (Å²) in [6.07, 6.45) is -5.26. The maximum absolute atomic E-state index is 12.1.